The van der Waals surface area contributed by atoms with Crippen molar-refractivity contribution in [1.82, 2.24) is 0 Å². The molecule has 0 aromatic heterocycles. The SMILES string of the molecule is CCc1ccc(OC)c(C(N)=NC)c1. The number of aliphatic imine (C=N–C) groups is 1. The topological polar surface area (TPSA) is 47.6 Å². The van der Waals surface area contributed by atoms with E-state index in [1.807, 2.05) is 18.2 Å². The minimum Gasteiger partial charge on any atom is -0.496 e. The lowest BCUT2D eigenvalue weighted by Gasteiger charge is -2.09. The molecular formula is C11H16N2O. The van der Waals surface area contributed by atoms with E-state index in [1.54, 1.807) is 14.2 Å². The zero-order valence-electron chi connectivity index (χ0n) is 8.87. The lowest BCUT2D eigenvalue weighted by Crippen LogP contribution is -2.14. The maximum absolute atomic E-state index is 5.76. The fourth-order valence-electron chi connectivity index (χ4n) is 1.30. The Balaban J connectivity index is 3.21. The van der Waals surface area contributed by atoms with Gasteiger partial charge in [-0.3, -0.25) is 4.99 Å². The van der Waals surface area contributed by atoms with E-state index in [-0.39, 0.29) is 0 Å². The highest BCUT2D eigenvalue weighted by molar-refractivity contribution is 6.00. The number of aryl methyl sites for hydroxylation is 1. The highest BCUT2D eigenvalue weighted by Gasteiger charge is 2.06. The molecule has 0 bridgehead atoms. The van der Waals surface area contributed by atoms with E-state index in [1.165, 1.54) is 5.56 Å². The Morgan fingerprint density at radius 2 is 2.21 bits per heavy atom. The molecule has 0 radical (unpaired) electrons. The van der Waals surface area contributed by atoms with Gasteiger partial charge >= 0.3 is 0 Å². The fraction of sp³-hybridized carbons (Fsp3) is 0.364. The van der Waals surface area contributed by atoms with Crippen LogP contribution in [0.1, 0.15) is 18.1 Å². The van der Waals surface area contributed by atoms with Crippen molar-refractivity contribution >= 4 is 5.84 Å². The van der Waals surface area contributed by atoms with Crippen molar-refractivity contribution in [2.45, 2.75) is 13.3 Å². The molecule has 14 heavy (non-hydrogen) atoms. The van der Waals surface area contributed by atoms with Crippen LogP contribution in [0.2, 0.25) is 0 Å². The summed E-state index contributed by atoms with van der Waals surface area (Å²) in [6, 6.07) is 5.97. The van der Waals surface area contributed by atoms with Crippen LogP contribution in [0.3, 0.4) is 0 Å². The molecule has 0 fully saturated rings. The van der Waals surface area contributed by atoms with E-state index in [2.05, 4.69) is 11.9 Å². The molecule has 0 amide bonds. The van der Waals surface area contributed by atoms with Gasteiger partial charge in [-0.15, -0.1) is 0 Å². The van der Waals surface area contributed by atoms with E-state index in [0.717, 1.165) is 17.7 Å². The Morgan fingerprint density at radius 3 is 2.71 bits per heavy atom. The summed E-state index contributed by atoms with van der Waals surface area (Å²) in [5.74, 6) is 1.28. The van der Waals surface area contributed by atoms with Gasteiger partial charge in [0.2, 0.25) is 0 Å². The number of benzene rings is 1. The van der Waals surface area contributed by atoms with Crippen LogP contribution in [0.5, 0.6) is 5.75 Å². The van der Waals surface area contributed by atoms with Crippen LogP contribution in [-0.2, 0) is 6.42 Å². The van der Waals surface area contributed by atoms with Gasteiger partial charge in [-0.25, -0.2) is 0 Å². The molecule has 1 rings (SSSR count). The van der Waals surface area contributed by atoms with Gasteiger partial charge < -0.3 is 10.5 Å². The molecular weight excluding hydrogens is 176 g/mol. The number of hydrogen-bond donors (Lipinski definition) is 1. The third-order valence-corrected chi connectivity index (χ3v) is 2.19. The minimum absolute atomic E-state index is 0.511. The Hall–Kier alpha value is -1.51. The lowest BCUT2D eigenvalue weighted by atomic mass is 10.1. The first-order valence-corrected chi connectivity index (χ1v) is 4.62. The predicted octanol–water partition coefficient (Wildman–Crippen LogP) is 1.59. The highest BCUT2D eigenvalue weighted by atomic mass is 16.5. The summed E-state index contributed by atoms with van der Waals surface area (Å²) in [5.41, 5.74) is 7.86. The average Bonchev–Trinajstić information content (AvgIpc) is 2.27. The van der Waals surface area contributed by atoms with Crippen LogP contribution in [0.25, 0.3) is 0 Å². The molecule has 76 valence electrons. The molecule has 3 heteroatoms. The summed E-state index contributed by atoms with van der Waals surface area (Å²) in [6.07, 6.45) is 0.980. The van der Waals surface area contributed by atoms with E-state index >= 15 is 0 Å². The van der Waals surface area contributed by atoms with Gasteiger partial charge in [0.25, 0.3) is 0 Å². The number of nitrogens with two attached hydrogens (primary N) is 1. The second-order valence-electron chi connectivity index (χ2n) is 3.00. The first-order valence-electron chi connectivity index (χ1n) is 4.62. The fourth-order valence-corrected chi connectivity index (χ4v) is 1.30. The summed E-state index contributed by atoms with van der Waals surface area (Å²) in [4.78, 5) is 3.96. The summed E-state index contributed by atoms with van der Waals surface area (Å²) in [7, 11) is 3.31. The minimum atomic E-state index is 0.511. The zero-order chi connectivity index (χ0) is 10.6. The Bertz CT molecular complexity index is 345. The van der Waals surface area contributed by atoms with Gasteiger partial charge in [0.15, 0.2) is 0 Å². The monoisotopic (exact) mass is 192 g/mol. The standard InChI is InChI=1S/C11H16N2O/c1-4-8-5-6-10(14-3)9(7-8)11(12)13-2/h5-7H,4H2,1-3H3,(H2,12,13). The molecule has 0 saturated heterocycles. The van der Waals surface area contributed by atoms with Crippen LogP contribution in [0, 0.1) is 0 Å². The molecule has 1 aromatic carbocycles. The van der Waals surface area contributed by atoms with Gasteiger partial charge in [-0.1, -0.05) is 13.0 Å². The molecule has 0 heterocycles. The van der Waals surface area contributed by atoms with Gasteiger partial charge in [-0.2, -0.15) is 0 Å². The van der Waals surface area contributed by atoms with Crippen LogP contribution >= 0.6 is 0 Å². The summed E-state index contributed by atoms with van der Waals surface area (Å²) in [6.45, 7) is 2.10. The highest BCUT2D eigenvalue weighted by Crippen LogP contribution is 2.19. The molecule has 3 nitrogen and oxygen atoms in total. The smallest absolute Gasteiger partial charge is 0.129 e. The van der Waals surface area contributed by atoms with Crippen molar-refractivity contribution in [3.63, 3.8) is 0 Å². The van der Waals surface area contributed by atoms with Gasteiger partial charge in [0.05, 0.1) is 12.7 Å². The number of amidine groups is 1. The van der Waals surface area contributed by atoms with E-state index < -0.39 is 0 Å². The van der Waals surface area contributed by atoms with Crippen molar-refractivity contribution in [3.05, 3.63) is 29.3 Å². The Morgan fingerprint density at radius 1 is 1.50 bits per heavy atom. The third-order valence-electron chi connectivity index (χ3n) is 2.19. The molecule has 0 unspecified atom stereocenters. The van der Waals surface area contributed by atoms with Gasteiger partial charge in [0, 0.05) is 7.05 Å². The van der Waals surface area contributed by atoms with Crippen molar-refractivity contribution < 1.29 is 4.74 Å². The van der Waals surface area contributed by atoms with Crippen molar-refractivity contribution in [2.75, 3.05) is 14.2 Å². The quantitative estimate of drug-likeness (QED) is 0.584. The molecule has 0 spiro atoms. The number of ether oxygens (including phenoxy) is 1. The van der Waals surface area contributed by atoms with Crippen molar-refractivity contribution in [1.29, 1.82) is 0 Å². The lowest BCUT2D eigenvalue weighted by molar-refractivity contribution is 0.413. The summed E-state index contributed by atoms with van der Waals surface area (Å²) in [5, 5.41) is 0. The maximum Gasteiger partial charge on any atom is 0.129 e. The third kappa shape index (κ3) is 2.05. The number of hydrogen-bond acceptors (Lipinski definition) is 2. The van der Waals surface area contributed by atoms with E-state index in [4.69, 9.17) is 10.5 Å². The molecule has 0 atom stereocenters. The number of methoxy groups -OCH3 is 1. The molecule has 2 N–H and O–H groups in total. The Labute approximate surface area is 84.6 Å². The molecule has 1 aromatic rings. The normalized spacial score (nSPS) is 11.5. The largest absolute Gasteiger partial charge is 0.496 e. The second-order valence-corrected chi connectivity index (χ2v) is 3.00. The molecule has 0 aliphatic rings. The predicted molar refractivity (Wildman–Crippen MR) is 59.0 cm³/mol. The zero-order valence-corrected chi connectivity index (χ0v) is 8.87. The summed E-state index contributed by atoms with van der Waals surface area (Å²) < 4.78 is 5.21. The number of rotatable bonds is 3. The molecule has 0 saturated carbocycles. The maximum atomic E-state index is 5.76. The number of nitrogens with zero attached hydrogens (tertiary/aromatic N) is 1. The Kier molecular flexibility index (Phi) is 3.51. The second kappa shape index (κ2) is 4.65. The first-order chi connectivity index (χ1) is 6.72. The van der Waals surface area contributed by atoms with Crippen LogP contribution in [-0.4, -0.2) is 20.0 Å². The van der Waals surface area contributed by atoms with Crippen molar-refractivity contribution in [2.24, 2.45) is 10.7 Å². The van der Waals surface area contributed by atoms with Crippen LogP contribution in [0.4, 0.5) is 0 Å². The van der Waals surface area contributed by atoms with E-state index in [9.17, 15) is 0 Å². The van der Waals surface area contributed by atoms with Gasteiger partial charge in [-0.05, 0) is 24.1 Å². The summed E-state index contributed by atoms with van der Waals surface area (Å²) >= 11 is 0. The van der Waals surface area contributed by atoms with Gasteiger partial charge in [0.1, 0.15) is 11.6 Å². The van der Waals surface area contributed by atoms with E-state index in [0.29, 0.717) is 5.84 Å². The first kappa shape index (κ1) is 10.6. The molecule has 0 aliphatic carbocycles. The van der Waals surface area contributed by atoms with Crippen molar-refractivity contribution in [3.8, 4) is 5.75 Å². The van der Waals surface area contributed by atoms with Crippen LogP contribution < -0.4 is 10.5 Å². The average molecular weight is 192 g/mol. The molecule has 0 aliphatic heterocycles. The van der Waals surface area contributed by atoms with Crippen LogP contribution in [0.15, 0.2) is 23.2 Å².